The summed E-state index contributed by atoms with van der Waals surface area (Å²) >= 11 is 0. The lowest BCUT2D eigenvalue weighted by Crippen LogP contribution is -2.45. The molecule has 1 unspecified atom stereocenters. The fraction of sp³-hybridized carbons (Fsp3) is 0.278. The van der Waals surface area contributed by atoms with Crippen LogP contribution in [0, 0.1) is 11.6 Å². The van der Waals surface area contributed by atoms with E-state index in [2.05, 4.69) is 0 Å². The minimum Gasteiger partial charge on any atom is -0.485 e. The molecule has 0 bridgehead atoms. The standard InChI is InChI=1S/C18H15F2NO4S/c19-13-5-3-6-14(20)17(13)26(23,24)21-9-8-18(11-21)10-15(22)12-4-1-2-7-16(12)25-18/h1-7H,8-11H2. The molecule has 0 aromatic heterocycles. The number of sulfonamides is 1. The highest BCUT2D eigenvalue weighted by Gasteiger charge is 2.49. The molecule has 0 N–H and O–H groups in total. The van der Waals surface area contributed by atoms with Crippen molar-refractivity contribution >= 4 is 15.8 Å². The molecule has 1 saturated heterocycles. The van der Waals surface area contributed by atoms with E-state index < -0.39 is 32.2 Å². The summed E-state index contributed by atoms with van der Waals surface area (Å²) < 4.78 is 60.3. The summed E-state index contributed by atoms with van der Waals surface area (Å²) in [7, 11) is -4.38. The van der Waals surface area contributed by atoms with E-state index in [0.29, 0.717) is 11.3 Å². The summed E-state index contributed by atoms with van der Waals surface area (Å²) in [6, 6.07) is 9.67. The third kappa shape index (κ3) is 2.60. The second-order valence-corrected chi connectivity index (χ2v) is 8.40. The van der Waals surface area contributed by atoms with Crippen molar-refractivity contribution in [2.45, 2.75) is 23.3 Å². The topological polar surface area (TPSA) is 63.7 Å². The SMILES string of the molecule is O=C1CC2(CCN(S(=O)(=O)c3c(F)cccc3F)C2)Oc2ccccc21. The summed E-state index contributed by atoms with van der Waals surface area (Å²) in [4.78, 5) is 11.4. The number of ketones is 1. The molecule has 0 amide bonds. The first-order valence-electron chi connectivity index (χ1n) is 8.08. The number of rotatable bonds is 2. The molecule has 0 saturated carbocycles. The van der Waals surface area contributed by atoms with E-state index >= 15 is 0 Å². The number of carbonyl (C=O) groups excluding carboxylic acids is 1. The summed E-state index contributed by atoms with van der Waals surface area (Å²) in [5, 5.41) is 0. The van der Waals surface area contributed by atoms with Crippen LogP contribution in [0.4, 0.5) is 8.78 Å². The highest BCUT2D eigenvalue weighted by atomic mass is 32.2. The third-order valence-electron chi connectivity index (χ3n) is 4.79. The molecule has 136 valence electrons. The fourth-order valence-corrected chi connectivity index (χ4v) is 5.17. The van der Waals surface area contributed by atoms with Gasteiger partial charge in [0.15, 0.2) is 10.7 Å². The lowest BCUT2D eigenvalue weighted by atomic mass is 9.89. The quantitative estimate of drug-likeness (QED) is 0.805. The Morgan fingerprint density at radius 1 is 1.04 bits per heavy atom. The van der Waals surface area contributed by atoms with E-state index in [1.54, 1.807) is 24.3 Å². The van der Waals surface area contributed by atoms with Crippen molar-refractivity contribution in [2.75, 3.05) is 13.1 Å². The van der Waals surface area contributed by atoms with Crippen molar-refractivity contribution in [3.63, 3.8) is 0 Å². The van der Waals surface area contributed by atoms with Gasteiger partial charge in [-0.2, -0.15) is 4.31 Å². The molecule has 2 aliphatic heterocycles. The predicted octanol–water partition coefficient (Wildman–Crippen LogP) is 2.76. The van der Waals surface area contributed by atoms with Crippen LogP contribution >= 0.6 is 0 Å². The number of para-hydroxylation sites is 1. The van der Waals surface area contributed by atoms with Gasteiger partial charge in [-0.3, -0.25) is 4.79 Å². The molecule has 1 spiro atoms. The highest BCUT2D eigenvalue weighted by molar-refractivity contribution is 7.89. The number of nitrogens with zero attached hydrogens (tertiary/aromatic N) is 1. The first-order chi connectivity index (χ1) is 12.3. The zero-order valence-corrected chi connectivity index (χ0v) is 14.4. The van der Waals surface area contributed by atoms with E-state index in [1.807, 2.05) is 0 Å². The molecule has 1 atom stereocenters. The number of ether oxygens (including phenoxy) is 1. The van der Waals surface area contributed by atoms with Gasteiger partial charge in [0, 0.05) is 13.0 Å². The van der Waals surface area contributed by atoms with E-state index in [1.165, 1.54) is 0 Å². The Balaban J connectivity index is 1.66. The number of fused-ring (bicyclic) bond motifs is 1. The van der Waals surface area contributed by atoms with Crippen LogP contribution in [0.1, 0.15) is 23.2 Å². The van der Waals surface area contributed by atoms with Gasteiger partial charge < -0.3 is 4.74 Å². The molecule has 1 fully saturated rings. The number of Topliss-reactive ketones (excluding diaryl/α,β-unsaturated/α-hetero) is 1. The van der Waals surface area contributed by atoms with Crippen molar-refractivity contribution in [1.82, 2.24) is 4.31 Å². The maximum Gasteiger partial charge on any atom is 0.249 e. The van der Waals surface area contributed by atoms with Gasteiger partial charge in [-0.15, -0.1) is 0 Å². The van der Waals surface area contributed by atoms with Gasteiger partial charge >= 0.3 is 0 Å². The second kappa shape index (κ2) is 5.85. The Kier molecular flexibility index (Phi) is 3.85. The van der Waals surface area contributed by atoms with Gasteiger partial charge in [-0.25, -0.2) is 17.2 Å². The zero-order chi connectivity index (χ0) is 18.5. The number of halogens is 2. The van der Waals surface area contributed by atoms with E-state index in [4.69, 9.17) is 4.74 Å². The van der Waals surface area contributed by atoms with Crippen molar-refractivity contribution in [3.8, 4) is 5.75 Å². The predicted molar refractivity (Wildman–Crippen MR) is 88.5 cm³/mol. The molecule has 4 rings (SSSR count). The normalized spacial score (nSPS) is 23.1. The summed E-state index contributed by atoms with van der Waals surface area (Å²) in [5.74, 6) is -2.02. The molecular weight excluding hydrogens is 364 g/mol. The van der Waals surface area contributed by atoms with Gasteiger partial charge in [-0.05, 0) is 24.3 Å². The maximum absolute atomic E-state index is 14.0. The lowest BCUT2D eigenvalue weighted by molar-refractivity contribution is 0.0498. The molecule has 8 heteroatoms. The Hall–Kier alpha value is -2.32. The van der Waals surface area contributed by atoms with Crippen molar-refractivity contribution in [1.29, 1.82) is 0 Å². The van der Waals surface area contributed by atoms with Crippen LogP contribution in [0.3, 0.4) is 0 Å². The van der Waals surface area contributed by atoms with Crippen LogP contribution in [0.15, 0.2) is 47.4 Å². The molecule has 5 nitrogen and oxygen atoms in total. The van der Waals surface area contributed by atoms with Crippen LogP contribution in [0.25, 0.3) is 0 Å². The molecule has 2 aromatic rings. The Morgan fingerprint density at radius 2 is 1.73 bits per heavy atom. The minimum absolute atomic E-state index is 0.0194. The number of hydrogen-bond donors (Lipinski definition) is 0. The van der Waals surface area contributed by atoms with Crippen molar-refractivity contribution in [2.24, 2.45) is 0 Å². The van der Waals surface area contributed by atoms with Gasteiger partial charge in [0.1, 0.15) is 23.0 Å². The van der Waals surface area contributed by atoms with E-state index in [0.717, 1.165) is 22.5 Å². The average molecular weight is 379 g/mol. The summed E-state index contributed by atoms with van der Waals surface area (Å²) in [6.07, 6.45) is 0.290. The third-order valence-corrected chi connectivity index (χ3v) is 6.69. The fourth-order valence-electron chi connectivity index (χ4n) is 3.54. The summed E-state index contributed by atoms with van der Waals surface area (Å²) in [6.45, 7) is -0.116. The second-order valence-electron chi connectivity index (χ2n) is 6.52. The maximum atomic E-state index is 14.0. The molecule has 0 aliphatic carbocycles. The Morgan fingerprint density at radius 3 is 2.46 bits per heavy atom. The van der Waals surface area contributed by atoms with Crippen LogP contribution in [-0.2, 0) is 10.0 Å². The van der Waals surface area contributed by atoms with E-state index in [9.17, 15) is 22.0 Å². The van der Waals surface area contributed by atoms with Crippen molar-refractivity contribution in [3.05, 3.63) is 59.7 Å². The summed E-state index contributed by atoms with van der Waals surface area (Å²) in [5.41, 5.74) is -0.556. The molecule has 0 radical (unpaired) electrons. The largest absolute Gasteiger partial charge is 0.485 e. The monoisotopic (exact) mass is 379 g/mol. The van der Waals surface area contributed by atoms with Crippen LogP contribution in [-0.4, -0.2) is 37.2 Å². The number of hydrogen-bond acceptors (Lipinski definition) is 4. The number of carbonyl (C=O) groups is 1. The Bertz CT molecular complexity index is 988. The Labute approximate surface area is 149 Å². The molecular formula is C18H15F2NO4S. The zero-order valence-electron chi connectivity index (χ0n) is 13.6. The van der Waals surface area contributed by atoms with Gasteiger partial charge in [0.2, 0.25) is 10.0 Å². The number of benzene rings is 2. The van der Waals surface area contributed by atoms with Crippen molar-refractivity contribution < 1.29 is 26.7 Å². The molecule has 2 aromatic carbocycles. The van der Waals surface area contributed by atoms with Crippen LogP contribution < -0.4 is 4.74 Å². The smallest absolute Gasteiger partial charge is 0.249 e. The first-order valence-corrected chi connectivity index (χ1v) is 9.52. The molecule has 26 heavy (non-hydrogen) atoms. The first kappa shape index (κ1) is 17.1. The van der Waals surface area contributed by atoms with Gasteiger partial charge in [-0.1, -0.05) is 18.2 Å². The molecule has 2 aliphatic rings. The van der Waals surface area contributed by atoms with Gasteiger partial charge in [0.05, 0.1) is 18.5 Å². The van der Waals surface area contributed by atoms with Crippen LogP contribution in [0.5, 0.6) is 5.75 Å². The van der Waals surface area contributed by atoms with E-state index in [-0.39, 0.29) is 31.7 Å². The van der Waals surface area contributed by atoms with Gasteiger partial charge in [0.25, 0.3) is 0 Å². The lowest BCUT2D eigenvalue weighted by Gasteiger charge is -2.34. The molecule has 2 heterocycles. The highest BCUT2D eigenvalue weighted by Crippen LogP contribution is 2.40. The average Bonchev–Trinajstić information content (AvgIpc) is 2.98. The minimum atomic E-state index is -4.38. The van der Waals surface area contributed by atoms with Crippen LogP contribution in [0.2, 0.25) is 0 Å².